The molecule has 1 aliphatic carbocycles. The van der Waals surface area contributed by atoms with Crippen LogP contribution in [0.15, 0.2) is 36.4 Å². The second kappa shape index (κ2) is 7.20. The summed E-state index contributed by atoms with van der Waals surface area (Å²) in [6, 6.07) is 9.78. The maximum atomic E-state index is 13.3. The van der Waals surface area contributed by atoms with Gasteiger partial charge in [-0.15, -0.1) is 0 Å². The van der Waals surface area contributed by atoms with Gasteiger partial charge >= 0.3 is 5.97 Å². The van der Waals surface area contributed by atoms with Gasteiger partial charge in [-0.1, -0.05) is 26.0 Å². The van der Waals surface area contributed by atoms with Crippen molar-refractivity contribution in [2.24, 2.45) is 0 Å². The fourth-order valence-corrected chi connectivity index (χ4v) is 3.49. The van der Waals surface area contributed by atoms with Crippen molar-refractivity contribution in [2.75, 3.05) is 14.2 Å². The van der Waals surface area contributed by atoms with Gasteiger partial charge in [-0.25, -0.2) is 0 Å². The van der Waals surface area contributed by atoms with Crippen LogP contribution >= 0.6 is 0 Å². The van der Waals surface area contributed by atoms with E-state index in [1.54, 1.807) is 30.3 Å². The lowest BCUT2D eigenvalue weighted by Gasteiger charge is -2.27. The molecule has 0 fully saturated rings. The number of esters is 1. The number of hydrogen-bond acceptors (Lipinski definition) is 6. The number of fused-ring (bicyclic) bond motifs is 1. The highest BCUT2D eigenvalue weighted by atomic mass is 16.5. The summed E-state index contributed by atoms with van der Waals surface area (Å²) in [5.74, 6) is -0.795. The van der Waals surface area contributed by atoms with Crippen molar-refractivity contribution in [3.8, 4) is 11.5 Å². The topological polar surface area (TPSA) is 78.9 Å². The summed E-state index contributed by atoms with van der Waals surface area (Å²) in [6.45, 7) is 5.25. The minimum atomic E-state index is -1.91. The summed E-state index contributed by atoms with van der Waals surface area (Å²) >= 11 is 0. The van der Waals surface area contributed by atoms with Crippen LogP contribution in [0.5, 0.6) is 11.5 Å². The molecule has 0 aliphatic heterocycles. The number of benzene rings is 2. The molecule has 0 aromatic heterocycles. The SMILES string of the molecule is COc1ccc2c(c1)C(=O)C(OC)(c1ccc(C(C)C)cc1OC(C)=O)C2=O. The summed E-state index contributed by atoms with van der Waals surface area (Å²) in [7, 11) is 2.78. The molecule has 1 atom stereocenters. The molecule has 0 spiro atoms. The number of carbonyl (C=O) groups is 3. The van der Waals surface area contributed by atoms with Gasteiger partial charge in [0, 0.05) is 30.7 Å². The van der Waals surface area contributed by atoms with Gasteiger partial charge in [-0.3, -0.25) is 14.4 Å². The van der Waals surface area contributed by atoms with E-state index in [0.29, 0.717) is 5.75 Å². The molecule has 1 unspecified atom stereocenters. The van der Waals surface area contributed by atoms with Crippen LogP contribution < -0.4 is 9.47 Å². The first kappa shape index (κ1) is 19.8. The molecule has 0 saturated heterocycles. The molecule has 0 amide bonds. The summed E-state index contributed by atoms with van der Waals surface area (Å²) in [6.07, 6.45) is 0. The van der Waals surface area contributed by atoms with E-state index in [4.69, 9.17) is 14.2 Å². The third kappa shape index (κ3) is 2.90. The Hall–Kier alpha value is -2.99. The molecular weight excluding hydrogens is 360 g/mol. The lowest BCUT2D eigenvalue weighted by atomic mass is 9.86. The monoisotopic (exact) mass is 382 g/mol. The molecule has 0 saturated carbocycles. The van der Waals surface area contributed by atoms with Gasteiger partial charge in [0.25, 0.3) is 0 Å². The highest BCUT2D eigenvalue weighted by Crippen LogP contribution is 2.45. The van der Waals surface area contributed by atoms with Crippen molar-refractivity contribution in [1.29, 1.82) is 0 Å². The Morgan fingerprint density at radius 1 is 0.964 bits per heavy atom. The molecule has 0 bridgehead atoms. The Morgan fingerprint density at radius 3 is 2.21 bits per heavy atom. The number of methoxy groups -OCH3 is 2. The van der Waals surface area contributed by atoms with E-state index in [2.05, 4.69) is 0 Å². The fourth-order valence-electron chi connectivity index (χ4n) is 3.49. The van der Waals surface area contributed by atoms with E-state index in [9.17, 15) is 14.4 Å². The number of Topliss-reactive ketones (excluding diaryl/α,β-unsaturated/α-hetero) is 2. The first-order valence-corrected chi connectivity index (χ1v) is 8.91. The van der Waals surface area contributed by atoms with Crippen LogP contribution in [-0.2, 0) is 15.1 Å². The molecule has 0 N–H and O–H groups in total. The van der Waals surface area contributed by atoms with Crippen LogP contribution in [0.1, 0.15) is 58.5 Å². The van der Waals surface area contributed by atoms with E-state index in [1.165, 1.54) is 27.2 Å². The van der Waals surface area contributed by atoms with Crippen LogP contribution in [-0.4, -0.2) is 31.8 Å². The maximum absolute atomic E-state index is 13.3. The third-order valence-electron chi connectivity index (χ3n) is 4.97. The van der Waals surface area contributed by atoms with Crippen LogP contribution in [0.3, 0.4) is 0 Å². The summed E-state index contributed by atoms with van der Waals surface area (Å²) in [4.78, 5) is 38.3. The van der Waals surface area contributed by atoms with Crippen LogP contribution in [0.4, 0.5) is 0 Å². The molecule has 146 valence electrons. The molecule has 28 heavy (non-hydrogen) atoms. The van der Waals surface area contributed by atoms with Crippen LogP contribution in [0, 0.1) is 0 Å². The average Bonchev–Trinajstić information content (AvgIpc) is 2.88. The summed E-state index contributed by atoms with van der Waals surface area (Å²) in [5.41, 5.74) is -0.333. The Balaban J connectivity index is 2.24. The van der Waals surface area contributed by atoms with Crippen LogP contribution in [0.25, 0.3) is 0 Å². The van der Waals surface area contributed by atoms with Crippen molar-refractivity contribution in [3.63, 3.8) is 0 Å². The summed E-state index contributed by atoms with van der Waals surface area (Å²) in [5, 5.41) is 0. The number of ketones is 2. The van der Waals surface area contributed by atoms with Gasteiger partial charge < -0.3 is 14.2 Å². The Bertz CT molecular complexity index is 975. The first-order chi connectivity index (χ1) is 13.3. The second-order valence-electron chi connectivity index (χ2n) is 6.96. The highest BCUT2D eigenvalue weighted by Gasteiger charge is 2.56. The Morgan fingerprint density at radius 2 is 1.64 bits per heavy atom. The van der Waals surface area contributed by atoms with Crippen molar-refractivity contribution >= 4 is 17.5 Å². The highest BCUT2D eigenvalue weighted by molar-refractivity contribution is 6.32. The standard InChI is InChI=1S/C22H22O6/c1-12(2)14-6-9-18(19(10-14)28-13(3)23)22(27-5)20(24)16-8-7-15(26-4)11-17(16)21(22)25/h6-12H,1-5H3. The van der Waals surface area contributed by atoms with Gasteiger partial charge in [-0.05, 0) is 35.7 Å². The molecule has 2 aromatic carbocycles. The quantitative estimate of drug-likeness (QED) is 0.446. The molecule has 0 heterocycles. The number of hydrogen-bond donors (Lipinski definition) is 0. The van der Waals surface area contributed by atoms with E-state index < -0.39 is 23.1 Å². The zero-order valence-corrected chi connectivity index (χ0v) is 16.5. The average molecular weight is 382 g/mol. The van der Waals surface area contributed by atoms with E-state index in [1.807, 2.05) is 13.8 Å². The van der Waals surface area contributed by atoms with Crippen molar-refractivity contribution < 1.29 is 28.6 Å². The predicted octanol–water partition coefficient (Wildman–Crippen LogP) is 3.66. The Labute approximate surface area is 163 Å². The zero-order chi connectivity index (χ0) is 20.6. The van der Waals surface area contributed by atoms with Crippen molar-refractivity contribution in [2.45, 2.75) is 32.3 Å². The normalized spacial score (nSPS) is 18.4. The molecule has 6 heteroatoms. The number of rotatable bonds is 5. The predicted molar refractivity (Wildman–Crippen MR) is 102 cm³/mol. The fraction of sp³-hybridized carbons (Fsp3) is 0.318. The second-order valence-corrected chi connectivity index (χ2v) is 6.96. The molecule has 1 aliphatic rings. The lowest BCUT2D eigenvalue weighted by Crippen LogP contribution is -2.40. The number of ether oxygens (including phenoxy) is 3. The maximum Gasteiger partial charge on any atom is 0.308 e. The minimum Gasteiger partial charge on any atom is -0.497 e. The molecule has 3 rings (SSSR count). The minimum absolute atomic E-state index is 0.141. The number of carbonyl (C=O) groups excluding carboxylic acids is 3. The molecule has 0 radical (unpaired) electrons. The molecule has 2 aromatic rings. The smallest absolute Gasteiger partial charge is 0.308 e. The van der Waals surface area contributed by atoms with Gasteiger partial charge in [-0.2, -0.15) is 0 Å². The first-order valence-electron chi connectivity index (χ1n) is 8.91. The van der Waals surface area contributed by atoms with E-state index in [-0.39, 0.29) is 28.4 Å². The van der Waals surface area contributed by atoms with Crippen LogP contribution in [0.2, 0.25) is 0 Å². The largest absolute Gasteiger partial charge is 0.497 e. The van der Waals surface area contributed by atoms with Gasteiger partial charge in [0.05, 0.1) is 7.11 Å². The van der Waals surface area contributed by atoms with E-state index >= 15 is 0 Å². The summed E-state index contributed by atoms with van der Waals surface area (Å²) < 4.78 is 16.1. The zero-order valence-electron chi connectivity index (χ0n) is 16.5. The molecule has 6 nitrogen and oxygen atoms in total. The Kier molecular flexibility index (Phi) is 5.08. The van der Waals surface area contributed by atoms with E-state index in [0.717, 1.165) is 5.56 Å². The van der Waals surface area contributed by atoms with Gasteiger partial charge in [0.2, 0.25) is 17.2 Å². The van der Waals surface area contributed by atoms with Gasteiger partial charge in [0.1, 0.15) is 11.5 Å². The van der Waals surface area contributed by atoms with Gasteiger partial charge in [0.15, 0.2) is 0 Å². The lowest BCUT2D eigenvalue weighted by molar-refractivity contribution is -0.132. The molecular formula is C22H22O6. The van der Waals surface area contributed by atoms with Crippen molar-refractivity contribution in [3.05, 3.63) is 58.7 Å². The third-order valence-corrected chi connectivity index (χ3v) is 4.97. The van der Waals surface area contributed by atoms with Crippen molar-refractivity contribution in [1.82, 2.24) is 0 Å².